The van der Waals surface area contributed by atoms with E-state index in [-0.39, 0.29) is 12.7 Å². The van der Waals surface area contributed by atoms with E-state index in [0.717, 1.165) is 25.7 Å². The van der Waals surface area contributed by atoms with Gasteiger partial charge in [0.05, 0.1) is 12.2 Å². The molecule has 0 rings (SSSR count). The third kappa shape index (κ3) is 7.77. The lowest BCUT2D eigenvalue weighted by atomic mass is 9.96. The smallest absolute Gasteiger partial charge is 0.0565 e. The van der Waals surface area contributed by atoms with Crippen LogP contribution in [0.15, 0.2) is 0 Å². The second kappa shape index (κ2) is 9.13. The molecule has 0 spiro atoms. The van der Waals surface area contributed by atoms with Crippen molar-refractivity contribution in [2.45, 2.75) is 64.6 Å². The topological polar surface area (TPSA) is 60.7 Å². The predicted octanol–water partition coefficient (Wildman–Crippen LogP) is 1.70. The van der Waals surface area contributed by atoms with Crippen LogP contribution in [0, 0.1) is 5.92 Å². The van der Waals surface area contributed by atoms with Gasteiger partial charge >= 0.3 is 0 Å². The summed E-state index contributed by atoms with van der Waals surface area (Å²) in [5.74, 6) is 0.294. The van der Waals surface area contributed by atoms with Crippen LogP contribution in [0.25, 0.3) is 0 Å². The third-order valence-corrected chi connectivity index (χ3v) is 2.91. The molecule has 0 aromatic rings. The molecule has 0 aliphatic heterocycles. The third-order valence-electron chi connectivity index (χ3n) is 2.91. The largest absolute Gasteiger partial charge is 0.396 e. The maximum atomic E-state index is 9.64. The molecule has 92 valence electrons. The molecule has 0 fully saturated rings. The number of aliphatic hydroxyl groups excluding tert-OH is 3. The Morgan fingerprint density at radius 1 is 0.933 bits per heavy atom. The molecular weight excluding hydrogens is 192 g/mol. The van der Waals surface area contributed by atoms with Crippen LogP contribution in [0.2, 0.25) is 0 Å². The Kier molecular flexibility index (Phi) is 9.06. The van der Waals surface area contributed by atoms with Gasteiger partial charge in [-0.05, 0) is 31.6 Å². The van der Waals surface area contributed by atoms with Gasteiger partial charge in [-0.3, -0.25) is 0 Å². The van der Waals surface area contributed by atoms with Gasteiger partial charge in [-0.1, -0.05) is 26.7 Å². The van der Waals surface area contributed by atoms with E-state index in [1.165, 1.54) is 0 Å². The molecule has 0 radical (unpaired) electrons. The van der Waals surface area contributed by atoms with Crippen molar-refractivity contribution >= 4 is 0 Å². The lowest BCUT2D eigenvalue weighted by Gasteiger charge is -2.17. The molecular formula is C12H26O3. The Bertz CT molecular complexity index is 135. The summed E-state index contributed by atoms with van der Waals surface area (Å²) in [4.78, 5) is 0. The van der Waals surface area contributed by atoms with Crippen molar-refractivity contribution in [2.75, 3.05) is 6.61 Å². The van der Waals surface area contributed by atoms with Crippen LogP contribution < -0.4 is 0 Å². The first kappa shape index (κ1) is 14.9. The summed E-state index contributed by atoms with van der Waals surface area (Å²) in [5.41, 5.74) is 0. The van der Waals surface area contributed by atoms with E-state index in [2.05, 4.69) is 0 Å². The van der Waals surface area contributed by atoms with Crippen LogP contribution in [0.3, 0.4) is 0 Å². The number of hydrogen-bond donors (Lipinski definition) is 3. The summed E-state index contributed by atoms with van der Waals surface area (Å²) in [6.45, 7) is 4.26. The lowest BCUT2D eigenvalue weighted by Crippen LogP contribution is -2.19. The van der Waals surface area contributed by atoms with Crippen LogP contribution in [0.1, 0.15) is 52.4 Å². The fourth-order valence-corrected chi connectivity index (χ4v) is 1.74. The first-order valence-electron chi connectivity index (χ1n) is 6.10. The van der Waals surface area contributed by atoms with E-state index in [0.29, 0.717) is 18.8 Å². The van der Waals surface area contributed by atoms with Gasteiger partial charge < -0.3 is 15.3 Å². The van der Waals surface area contributed by atoms with E-state index >= 15 is 0 Å². The summed E-state index contributed by atoms with van der Waals surface area (Å²) < 4.78 is 0. The zero-order chi connectivity index (χ0) is 11.7. The summed E-state index contributed by atoms with van der Waals surface area (Å²) >= 11 is 0. The molecule has 3 unspecified atom stereocenters. The normalized spacial score (nSPS) is 17.4. The van der Waals surface area contributed by atoms with Crippen LogP contribution in [-0.4, -0.2) is 34.1 Å². The SMILES string of the molecule is CCCC(O)CC(O)CCC(CC)CO. The highest BCUT2D eigenvalue weighted by molar-refractivity contribution is 4.65. The lowest BCUT2D eigenvalue weighted by molar-refractivity contribution is 0.0642. The molecule has 0 aromatic heterocycles. The highest BCUT2D eigenvalue weighted by Crippen LogP contribution is 2.15. The standard InChI is InChI=1S/C12H26O3/c1-3-5-11(14)8-12(15)7-6-10(4-2)9-13/h10-15H,3-9H2,1-2H3. The predicted molar refractivity (Wildman–Crippen MR) is 61.6 cm³/mol. The molecule has 3 N–H and O–H groups in total. The molecule has 0 amide bonds. The number of hydrogen-bond acceptors (Lipinski definition) is 3. The Hall–Kier alpha value is -0.120. The Labute approximate surface area is 93.1 Å². The zero-order valence-electron chi connectivity index (χ0n) is 10.0. The second-order valence-corrected chi connectivity index (χ2v) is 4.37. The molecule has 3 nitrogen and oxygen atoms in total. The Morgan fingerprint density at radius 3 is 2.00 bits per heavy atom. The second-order valence-electron chi connectivity index (χ2n) is 4.37. The molecule has 0 saturated carbocycles. The average Bonchev–Trinajstić information content (AvgIpc) is 2.19. The highest BCUT2D eigenvalue weighted by Gasteiger charge is 2.13. The minimum atomic E-state index is -0.424. The van der Waals surface area contributed by atoms with Crippen LogP contribution in [0.5, 0.6) is 0 Å². The van der Waals surface area contributed by atoms with Crippen LogP contribution in [0.4, 0.5) is 0 Å². The molecule has 0 aromatic carbocycles. The Balaban J connectivity index is 3.59. The monoisotopic (exact) mass is 218 g/mol. The molecule has 3 atom stereocenters. The van der Waals surface area contributed by atoms with Crippen LogP contribution >= 0.6 is 0 Å². The fourth-order valence-electron chi connectivity index (χ4n) is 1.74. The van der Waals surface area contributed by atoms with Gasteiger partial charge in [0.25, 0.3) is 0 Å². The molecule has 15 heavy (non-hydrogen) atoms. The molecule has 0 bridgehead atoms. The van der Waals surface area contributed by atoms with E-state index in [9.17, 15) is 10.2 Å². The molecule has 0 aliphatic rings. The van der Waals surface area contributed by atoms with Crippen LogP contribution in [-0.2, 0) is 0 Å². The fraction of sp³-hybridized carbons (Fsp3) is 1.00. The minimum absolute atomic E-state index is 0.195. The van der Waals surface area contributed by atoms with E-state index in [1.807, 2.05) is 13.8 Å². The van der Waals surface area contributed by atoms with Gasteiger partial charge in [-0.15, -0.1) is 0 Å². The average molecular weight is 218 g/mol. The summed E-state index contributed by atoms with van der Waals surface area (Å²) in [5, 5.41) is 28.1. The zero-order valence-corrected chi connectivity index (χ0v) is 10.0. The first-order valence-corrected chi connectivity index (χ1v) is 6.10. The van der Waals surface area contributed by atoms with E-state index < -0.39 is 6.10 Å². The number of rotatable bonds is 9. The number of aliphatic hydroxyl groups is 3. The molecule has 3 heteroatoms. The first-order chi connectivity index (χ1) is 7.13. The van der Waals surface area contributed by atoms with Crippen molar-refractivity contribution in [3.8, 4) is 0 Å². The van der Waals surface area contributed by atoms with Crippen molar-refractivity contribution in [2.24, 2.45) is 5.92 Å². The molecule has 0 saturated heterocycles. The maximum Gasteiger partial charge on any atom is 0.0565 e. The maximum absolute atomic E-state index is 9.64. The van der Waals surface area contributed by atoms with E-state index in [4.69, 9.17) is 5.11 Å². The Morgan fingerprint density at radius 2 is 1.53 bits per heavy atom. The van der Waals surface area contributed by atoms with Gasteiger partial charge in [0, 0.05) is 6.61 Å². The summed E-state index contributed by atoms with van der Waals surface area (Å²) in [6, 6.07) is 0. The van der Waals surface area contributed by atoms with Gasteiger partial charge in [-0.2, -0.15) is 0 Å². The van der Waals surface area contributed by atoms with Gasteiger partial charge in [0.15, 0.2) is 0 Å². The molecule has 0 heterocycles. The quantitative estimate of drug-likeness (QED) is 0.552. The molecule has 0 aliphatic carbocycles. The van der Waals surface area contributed by atoms with Crippen molar-refractivity contribution in [1.82, 2.24) is 0 Å². The minimum Gasteiger partial charge on any atom is -0.396 e. The van der Waals surface area contributed by atoms with Crippen molar-refractivity contribution in [3.63, 3.8) is 0 Å². The van der Waals surface area contributed by atoms with E-state index in [1.54, 1.807) is 0 Å². The van der Waals surface area contributed by atoms with Crippen molar-refractivity contribution in [3.05, 3.63) is 0 Å². The highest BCUT2D eigenvalue weighted by atomic mass is 16.3. The van der Waals surface area contributed by atoms with Crippen molar-refractivity contribution < 1.29 is 15.3 Å². The van der Waals surface area contributed by atoms with Gasteiger partial charge in [-0.25, -0.2) is 0 Å². The summed E-state index contributed by atoms with van der Waals surface area (Å²) in [6.07, 6.45) is 3.84. The van der Waals surface area contributed by atoms with Gasteiger partial charge in [0.1, 0.15) is 0 Å². The summed E-state index contributed by atoms with van der Waals surface area (Å²) in [7, 11) is 0. The van der Waals surface area contributed by atoms with Crippen molar-refractivity contribution in [1.29, 1.82) is 0 Å². The van der Waals surface area contributed by atoms with Gasteiger partial charge in [0.2, 0.25) is 0 Å².